The van der Waals surface area contributed by atoms with Crippen LogP contribution in [-0.4, -0.2) is 0 Å². The zero-order valence-corrected chi connectivity index (χ0v) is 20.0. The third kappa shape index (κ3) is 4.79. The zero-order valence-electron chi connectivity index (χ0n) is 19.0. The minimum atomic E-state index is -3.51. The van der Waals surface area contributed by atoms with Gasteiger partial charge in [0.1, 0.15) is 0 Å². The molecule has 32 heavy (non-hydrogen) atoms. The first-order valence-corrected chi connectivity index (χ1v) is 12.5. The van der Waals surface area contributed by atoms with Crippen molar-refractivity contribution in [3.63, 3.8) is 0 Å². The van der Waals surface area contributed by atoms with Gasteiger partial charge >= 0.3 is 191 Å². The van der Waals surface area contributed by atoms with Crippen LogP contribution in [0.5, 0.6) is 17.2 Å². The second-order valence-electron chi connectivity index (χ2n) is 8.02. The van der Waals surface area contributed by atoms with Gasteiger partial charge in [-0.15, -0.1) is 0 Å². The molecule has 0 aliphatic heterocycles. The molecule has 0 aliphatic carbocycles. The molecule has 0 saturated carbocycles. The summed E-state index contributed by atoms with van der Waals surface area (Å²) in [6.07, 6.45) is 0. The van der Waals surface area contributed by atoms with E-state index in [-0.39, 0.29) is 0 Å². The van der Waals surface area contributed by atoms with Gasteiger partial charge in [0.25, 0.3) is 0 Å². The van der Waals surface area contributed by atoms with Crippen molar-refractivity contribution in [1.82, 2.24) is 0 Å². The van der Waals surface area contributed by atoms with Crippen molar-refractivity contribution in [2.45, 2.75) is 27.7 Å². The second kappa shape index (κ2) is 9.46. The van der Waals surface area contributed by atoms with E-state index in [1.165, 1.54) is 5.56 Å². The average Bonchev–Trinajstić information content (AvgIpc) is 2.79. The molecule has 4 aromatic rings. The molecular formula is C28H29O3P. The van der Waals surface area contributed by atoms with Crippen LogP contribution in [0.4, 0.5) is 0 Å². The van der Waals surface area contributed by atoms with Gasteiger partial charge in [0.05, 0.1) is 0 Å². The van der Waals surface area contributed by atoms with Crippen LogP contribution in [0.3, 0.4) is 0 Å². The molecular weight excluding hydrogens is 415 g/mol. The SMILES string of the molecule is Cc1ccc([PH](Oc2ccccc2C)(Oc2ccccc2C)Oc2ccccc2C)cc1. The molecule has 0 bridgehead atoms. The van der Waals surface area contributed by atoms with E-state index in [0.717, 1.165) is 39.2 Å². The topological polar surface area (TPSA) is 27.7 Å². The van der Waals surface area contributed by atoms with Crippen molar-refractivity contribution in [2.75, 3.05) is 0 Å². The fourth-order valence-electron chi connectivity index (χ4n) is 3.44. The monoisotopic (exact) mass is 444 g/mol. The van der Waals surface area contributed by atoms with Gasteiger partial charge < -0.3 is 0 Å². The summed E-state index contributed by atoms with van der Waals surface area (Å²) in [6, 6.07) is 32.2. The number of hydrogen-bond acceptors (Lipinski definition) is 3. The van der Waals surface area contributed by atoms with Gasteiger partial charge in [-0.2, -0.15) is 0 Å². The Labute approximate surface area is 191 Å². The molecule has 0 unspecified atom stereocenters. The normalized spacial score (nSPS) is 11.6. The summed E-state index contributed by atoms with van der Waals surface area (Å²) in [5, 5.41) is 0.901. The van der Waals surface area contributed by atoms with Crippen LogP contribution in [0, 0.1) is 27.7 Å². The van der Waals surface area contributed by atoms with E-state index in [2.05, 4.69) is 31.2 Å². The molecule has 0 fully saturated rings. The summed E-state index contributed by atoms with van der Waals surface area (Å²) in [6.45, 7) is 8.17. The number of hydrogen-bond donors (Lipinski definition) is 0. The van der Waals surface area contributed by atoms with E-state index < -0.39 is 7.94 Å². The molecule has 0 saturated heterocycles. The summed E-state index contributed by atoms with van der Waals surface area (Å²) < 4.78 is 20.3. The molecule has 0 amide bonds. The van der Waals surface area contributed by atoms with Crippen molar-refractivity contribution in [3.8, 4) is 17.2 Å². The zero-order chi connectivity index (χ0) is 22.6. The van der Waals surface area contributed by atoms with E-state index >= 15 is 0 Å². The molecule has 4 aromatic carbocycles. The van der Waals surface area contributed by atoms with Crippen molar-refractivity contribution in [2.24, 2.45) is 0 Å². The van der Waals surface area contributed by atoms with E-state index in [0.29, 0.717) is 0 Å². The van der Waals surface area contributed by atoms with E-state index in [9.17, 15) is 0 Å². The van der Waals surface area contributed by atoms with Crippen LogP contribution in [0.15, 0.2) is 97.1 Å². The molecule has 4 rings (SSSR count). The first-order chi connectivity index (χ1) is 15.5. The summed E-state index contributed by atoms with van der Waals surface area (Å²) in [7, 11) is -3.51. The van der Waals surface area contributed by atoms with Crippen LogP contribution < -0.4 is 18.9 Å². The summed E-state index contributed by atoms with van der Waals surface area (Å²) >= 11 is 0. The maximum absolute atomic E-state index is 6.77. The van der Waals surface area contributed by atoms with Crippen molar-refractivity contribution < 1.29 is 13.6 Å². The van der Waals surface area contributed by atoms with Gasteiger partial charge in [-0.1, -0.05) is 0 Å². The van der Waals surface area contributed by atoms with Crippen LogP contribution >= 0.6 is 7.94 Å². The molecule has 0 radical (unpaired) electrons. The fraction of sp³-hybridized carbons (Fsp3) is 0.143. The molecule has 0 aromatic heterocycles. The van der Waals surface area contributed by atoms with Gasteiger partial charge in [0.15, 0.2) is 0 Å². The Hall–Kier alpha value is -3.29. The fourth-order valence-corrected chi connectivity index (χ4v) is 6.05. The van der Waals surface area contributed by atoms with Gasteiger partial charge in [-0.25, -0.2) is 0 Å². The van der Waals surface area contributed by atoms with E-state index in [1.807, 2.05) is 93.6 Å². The summed E-state index contributed by atoms with van der Waals surface area (Å²) in [5.41, 5.74) is 4.24. The predicted octanol–water partition coefficient (Wildman–Crippen LogP) is 7.28. The number of benzene rings is 4. The van der Waals surface area contributed by atoms with Crippen LogP contribution in [0.2, 0.25) is 0 Å². The Kier molecular flexibility index (Phi) is 6.48. The molecule has 0 atom stereocenters. The van der Waals surface area contributed by atoms with E-state index in [1.54, 1.807) is 0 Å². The molecule has 0 N–H and O–H groups in total. The Bertz CT molecular complexity index is 1090. The van der Waals surface area contributed by atoms with Crippen LogP contribution in [-0.2, 0) is 0 Å². The Morgan fingerprint density at radius 2 is 0.781 bits per heavy atom. The van der Waals surface area contributed by atoms with Gasteiger partial charge in [-0.3, -0.25) is 0 Å². The van der Waals surface area contributed by atoms with Gasteiger partial charge in [0.2, 0.25) is 0 Å². The number of para-hydroxylation sites is 3. The van der Waals surface area contributed by atoms with Crippen molar-refractivity contribution >= 4 is 13.2 Å². The minimum absolute atomic E-state index is 0.752. The first kappa shape index (κ1) is 21.9. The average molecular weight is 445 g/mol. The Balaban J connectivity index is 1.91. The molecule has 4 heteroatoms. The third-order valence-corrected chi connectivity index (χ3v) is 7.93. The standard InChI is InChI=1S/C28H29O3P/c1-21-17-19-25(20-18-21)32(29-26-14-8-5-11-22(26)2,30-27-15-9-6-12-23(27)3)31-28-16-10-7-13-24(28)4/h5-20,32H,1-4H3. The van der Waals surface area contributed by atoms with Crippen LogP contribution in [0.25, 0.3) is 0 Å². The third-order valence-electron chi connectivity index (χ3n) is 5.42. The molecule has 164 valence electrons. The molecule has 0 heterocycles. The predicted molar refractivity (Wildman–Crippen MR) is 135 cm³/mol. The number of aryl methyl sites for hydroxylation is 4. The second-order valence-corrected chi connectivity index (χ2v) is 10.3. The summed E-state index contributed by atoms with van der Waals surface area (Å²) in [5.74, 6) is 2.26. The van der Waals surface area contributed by atoms with Gasteiger partial charge in [-0.05, 0) is 0 Å². The maximum atomic E-state index is 6.77. The van der Waals surface area contributed by atoms with E-state index in [4.69, 9.17) is 13.6 Å². The first-order valence-electron chi connectivity index (χ1n) is 10.8. The molecule has 0 spiro atoms. The van der Waals surface area contributed by atoms with Crippen molar-refractivity contribution in [3.05, 3.63) is 119 Å². The Morgan fingerprint density at radius 3 is 1.12 bits per heavy atom. The van der Waals surface area contributed by atoms with Crippen molar-refractivity contribution in [1.29, 1.82) is 0 Å². The Morgan fingerprint density at radius 1 is 0.438 bits per heavy atom. The molecule has 0 aliphatic rings. The van der Waals surface area contributed by atoms with Crippen LogP contribution in [0.1, 0.15) is 22.3 Å². The van der Waals surface area contributed by atoms with Gasteiger partial charge in [0, 0.05) is 0 Å². The quantitative estimate of drug-likeness (QED) is 0.280. The number of rotatable bonds is 7. The molecule has 3 nitrogen and oxygen atoms in total. The summed E-state index contributed by atoms with van der Waals surface area (Å²) in [4.78, 5) is 0.